The molecule has 0 spiro atoms. The predicted octanol–water partition coefficient (Wildman–Crippen LogP) is 4.00. The van der Waals surface area contributed by atoms with Gasteiger partial charge in [-0.05, 0) is 74.9 Å². The van der Waals surface area contributed by atoms with E-state index in [1.807, 2.05) is 0 Å². The molecule has 1 aliphatic heterocycles. The number of pyridine rings is 1. The van der Waals surface area contributed by atoms with Crippen molar-refractivity contribution in [2.75, 3.05) is 24.2 Å². The van der Waals surface area contributed by atoms with Gasteiger partial charge < -0.3 is 14.4 Å². The molecule has 8 heteroatoms. The van der Waals surface area contributed by atoms with Gasteiger partial charge in [0.2, 0.25) is 0 Å². The lowest BCUT2D eigenvalue weighted by molar-refractivity contribution is -0.0527. The van der Waals surface area contributed by atoms with E-state index in [1.165, 1.54) is 18.5 Å². The number of hydrogen-bond donors (Lipinski definition) is 0. The van der Waals surface area contributed by atoms with E-state index >= 15 is 0 Å². The first-order chi connectivity index (χ1) is 14.9. The zero-order valence-corrected chi connectivity index (χ0v) is 18.6. The maximum absolute atomic E-state index is 13.1. The van der Waals surface area contributed by atoms with Gasteiger partial charge in [0.1, 0.15) is 17.4 Å². The molecule has 0 N–H and O–H groups in total. The highest BCUT2D eigenvalue weighted by molar-refractivity contribution is 7.90. The molecule has 2 aliphatic rings. The van der Waals surface area contributed by atoms with Crippen LogP contribution in [-0.4, -0.2) is 51.1 Å². The Kier molecular flexibility index (Phi) is 6.77. The number of sulfone groups is 1. The third-order valence-corrected chi connectivity index (χ3v) is 7.17. The summed E-state index contributed by atoms with van der Waals surface area (Å²) in [4.78, 5) is 6.65. The second kappa shape index (κ2) is 9.53. The lowest BCUT2D eigenvalue weighted by Crippen LogP contribution is -2.40. The Labute approximate surface area is 183 Å². The van der Waals surface area contributed by atoms with Crippen LogP contribution in [0.4, 0.5) is 10.2 Å². The number of anilines is 1. The standard InChI is InChI=1S/C23H29FN2O4S/c1-31(27,28)22-9-7-20(8-10-22)29-18-3-5-19(6-4-18)30-21-12-14-26(15-13-21)23-11-2-17(24)16-25-23/h2,7-11,16,18-19,21H,3-6,12-15H2,1H3. The topological polar surface area (TPSA) is 68.7 Å². The first kappa shape index (κ1) is 22.0. The molecule has 1 saturated carbocycles. The molecule has 0 radical (unpaired) electrons. The van der Waals surface area contributed by atoms with Crippen molar-refractivity contribution in [1.82, 2.24) is 4.98 Å². The quantitative estimate of drug-likeness (QED) is 0.665. The van der Waals surface area contributed by atoms with Gasteiger partial charge in [-0.2, -0.15) is 0 Å². The molecule has 1 aromatic carbocycles. The van der Waals surface area contributed by atoms with Gasteiger partial charge in [-0.1, -0.05) is 0 Å². The van der Waals surface area contributed by atoms with Gasteiger partial charge in [0.25, 0.3) is 0 Å². The summed E-state index contributed by atoms with van der Waals surface area (Å²) < 4.78 is 48.6. The molecule has 0 bridgehead atoms. The van der Waals surface area contributed by atoms with Crippen molar-refractivity contribution in [1.29, 1.82) is 0 Å². The summed E-state index contributed by atoms with van der Waals surface area (Å²) in [5, 5.41) is 0. The molecule has 6 nitrogen and oxygen atoms in total. The second-order valence-electron chi connectivity index (χ2n) is 8.42. The van der Waals surface area contributed by atoms with Crippen LogP contribution in [0.1, 0.15) is 38.5 Å². The van der Waals surface area contributed by atoms with Gasteiger partial charge >= 0.3 is 0 Å². The number of aromatic nitrogens is 1. The largest absolute Gasteiger partial charge is 0.490 e. The minimum atomic E-state index is -3.19. The number of nitrogens with zero attached hydrogens (tertiary/aromatic N) is 2. The fraction of sp³-hybridized carbons (Fsp3) is 0.522. The lowest BCUT2D eigenvalue weighted by atomic mass is 9.94. The molecular formula is C23H29FN2O4S. The Balaban J connectivity index is 1.19. The highest BCUT2D eigenvalue weighted by atomic mass is 32.2. The average Bonchev–Trinajstić information content (AvgIpc) is 2.76. The van der Waals surface area contributed by atoms with Crippen LogP contribution >= 0.6 is 0 Å². The van der Waals surface area contributed by atoms with Crippen LogP contribution in [0.5, 0.6) is 5.75 Å². The molecule has 0 unspecified atom stereocenters. The Morgan fingerprint density at radius 1 is 0.903 bits per heavy atom. The Morgan fingerprint density at radius 2 is 1.52 bits per heavy atom. The minimum Gasteiger partial charge on any atom is -0.490 e. The van der Waals surface area contributed by atoms with Gasteiger partial charge in [0.05, 0.1) is 29.4 Å². The SMILES string of the molecule is CS(=O)(=O)c1ccc(OC2CCC(OC3CCN(c4ccc(F)cn4)CC3)CC2)cc1. The highest BCUT2D eigenvalue weighted by Crippen LogP contribution is 2.29. The highest BCUT2D eigenvalue weighted by Gasteiger charge is 2.28. The zero-order chi connectivity index (χ0) is 21.8. The summed E-state index contributed by atoms with van der Waals surface area (Å²) in [5.74, 6) is 1.22. The predicted molar refractivity (Wildman–Crippen MR) is 117 cm³/mol. The van der Waals surface area contributed by atoms with Crippen LogP contribution < -0.4 is 9.64 Å². The first-order valence-electron chi connectivity index (χ1n) is 10.9. The van der Waals surface area contributed by atoms with E-state index in [-0.39, 0.29) is 24.1 Å². The van der Waals surface area contributed by atoms with Crippen molar-refractivity contribution < 1.29 is 22.3 Å². The van der Waals surface area contributed by atoms with Crippen LogP contribution in [-0.2, 0) is 14.6 Å². The molecule has 31 heavy (non-hydrogen) atoms. The molecule has 4 rings (SSSR count). The van der Waals surface area contributed by atoms with Gasteiger partial charge in [0.15, 0.2) is 9.84 Å². The maximum atomic E-state index is 13.1. The molecular weight excluding hydrogens is 419 g/mol. The third-order valence-electron chi connectivity index (χ3n) is 6.04. The van der Waals surface area contributed by atoms with Crippen LogP contribution in [0.3, 0.4) is 0 Å². The van der Waals surface area contributed by atoms with Crippen LogP contribution in [0.25, 0.3) is 0 Å². The molecule has 2 aromatic rings. The van der Waals surface area contributed by atoms with Crippen molar-refractivity contribution in [3.63, 3.8) is 0 Å². The molecule has 1 aromatic heterocycles. The van der Waals surface area contributed by atoms with Crippen LogP contribution in [0, 0.1) is 5.82 Å². The van der Waals surface area contributed by atoms with E-state index in [0.29, 0.717) is 10.6 Å². The van der Waals surface area contributed by atoms with Crippen LogP contribution in [0.2, 0.25) is 0 Å². The zero-order valence-electron chi connectivity index (χ0n) is 17.7. The van der Waals surface area contributed by atoms with Gasteiger partial charge in [-0.25, -0.2) is 17.8 Å². The molecule has 168 valence electrons. The molecule has 0 amide bonds. The minimum absolute atomic E-state index is 0.135. The van der Waals surface area contributed by atoms with Gasteiger partial charge in [-0.15, -0.1) is 0 Å². The third kappa shape index (κ3) is 5.95. The van der Waals surface area contributed by atoms with Crippen molar-refractivity contribution in [3.8, 4) is 5.75 Å². The molecule has 0 atom stereocenters. The summed E-state index contributed by atoms with van der Waals surface area (Å²) in [5.41, 5.74) is 0. The fourth-order valence-electron chi connectivity index (χ4n) is 4.29. The van der Waals surface area contributed by atoms with Crippen molar-refractivity contribution >= 4 is 15.7 Å². The average molecular weight is 449 g/mol. The number of benzene rings is 1. The summed E-state index contributed by atoms with van der Waals surface area (Å²) in [7, 11) is -3.19. The van der Waals surface area contributed by atoms with Crippen molar-refractivity contribution in [2.45, 2.75) is 61.7 Å². The molecule has 2 heterocycles. The number of ether oxygens (including phenoxy) is 2. The first-order valence-corrected chi connectivity index (χ1v) is 12.7. The molecule has 2 fully saturated rings. The van der Waals surface area contributed by atoms with E-state index in [0.717, 1.165) is 57.4 Å². The number of rotatable bonds is 6. The summed E-state index contributed by atoms with van der Waals surface area (Å²) in [6, 6.07) is 9.81. The molecule has 1 saturated heterocycles. The second-order valence-corrected chi connectivity index (χ2v) is 10.4. The van der Waals surface area contributed by atoms with E-state index in [4.69, 9.17) is 9.47 Å². The summed E-state index contributed by atoms with van der Waals surface area (Å²) >= 11 is 0. The Bertz CT molecular complexity index is 950. The number of hydrogen-bond acceptors (Lipinski definition) is 6. The van der Waals surface area contributed by atoms with Crippen molar-refractivity contribution in [3.05, 3.63) is 48.4 Å². The van der Waals surface area contributed by atoms with E-state index < -0.39 is 9.84 Å². The number of piperidine rings is 1. The van der Waals surface area contributed by atoms with Crippen LogP contribution in [0.15, 0.2) is 47.5 Å². The van der Waals surface area contributed by atoms with Gasteiger partial charge in [-0.3, -0.25) is 0 Å². The smallest absolute Gasteiger partial charge is 0.175 e. The van der Waals surface area contributed by atoms with E-state index in [9.17, 15) is 12.8 Å². The lowest BCUT2D eigenvalue weighted by Gasteiger charge is -2.36. The summed E-state index contributed by atoms with van der Waals surface area (Å²) in [6.45, 7) is 1.73. The Hall–Kier alpha value is -2.19. The van der Waals surface area contributed by atoms with E-state index in [2.05, 4.69) is 9.88 Å². The van der Waals surface area contributed by atoms with E-state index in [1.54, 1.807) is 30.3 Å². The van der Waals surface area contributed by atoms with Crippen molar-refractivity contribution in [2.24, 2.45) is 0 Å². The fourth-order valence-corrected chi connectivity index (χ4v) is 4.92. The number of halogens is 1. The molecule has 1 aliphatic carbocycles. The Morgan fingerprint density at radius 3 is 2.10 bits per heavy atom. The monoisotopic (exact) mass is 448 g/mol. The normalized spacial score (nSPS) is 23.0. The maximum Gasteiger partial charge on any atom is 0.175 e. The summed E-state index contributed by atoms with van der Waals surface area (Å²) in [6.07, 6.45) is 8.79. The van der Waals surface area contributed by atoms with Gasteiger partial charge in [0, 0.05) is 19.3 Å².